The number of aliphatic hydroxyl groups excluding tert-OH is 1. The number of methoxy groups -OCH3 is 3. The van der Waals surface area contributed by atoms with Crippen molar-refractivity contribution in [2.24, 2.45) is 29.6 Å². The molecule has 13 unspecified atom stereocenters. The van der Waals surface area contributed by atoms with E-state index >= 15 is 0 Å². The molecule has 0 spiro atoms. The number of benzene rings is 1. The van der Waals surface area contributed by atoms with Crippen LogP contribution >= 0.6 is 0 Å². The van der Waals surface area contributed by atoms with Crippen LogP contribution in [0.4, 0.5) is 0 Å². The predicted molar refractivity (Wildman–Crippen MR) is 233 cm³/mol. The summed E-state index contributed by atoms with van der Waals surface area (Å²) in [5.41, 5.74) is 1.86. The Morgan fingerprint density at radius 3 is 2.34 bits per heavy atom. The number of ether oxygens (including phenoxy) is 6. The summed E-state index contributed by atoms with van der Waals surface area (Å²) in [5.74, 6) is -5.19. The Balaban J connectivity index is 1.48. The van der Waals surface area contributed by atoms with Crippen molar-refractivity contribution in [1.29, 1.82) is 0 Å². The van der Waals surface area contributed by atoms with Crippen LogP contribution in [0.15, 0.2) is 47.6 Å². The lowest BCUT2D eigenvalue weighted by atomic mass is 9.82. The van der Waals surface area contributed by atoms with E-state index in [2.05, 4.69) is 19.1 Å². The van der Waals surface area contributed by atoms with E-state index < -0.39 is 72.0 Å². The van der Waals surface area contributed by atoms with Gasteiger partial charge in [0.15, 0.2) is 0 Å². The summed E-state index contributed by atoms with van der Waals surface area (Å²) in [5, 5.41) is 23.1. The molecule has 1 aliphatic carbocycles. The van der Waals surface area contributed by atoms with E-state index in [4.69, 9.17) is 28.4 Å². The van der Waals surface area contributed by atoms with Gasteiger partial charge in [-0.2, -0.15) is 0 Å². The number of carbonyl (C=O) groups excluding carboxylic acids is 4. The Kier molecular flexibility index (Phi) is 17.8. The molecule has 1 aromatic carbocycles. The second kappa shape index (κ2) is 22.3. The van der Waals surface area contributed by atoms with Gasteiger partial charge >= 0.3 is 5.97 Å². The van der Waals surface area contributed by atoms with Crippen LogP contribution in [-0.4, -0.2) is 115 Å². The van der Waals surface area contributed by atoms with E-state index in [1.807, 2.05) is 45.9 Å². The molecule has 3 fully saturated rings. The molecule has 13 atom stereocenters. The lowest BCUT2D eigenvalue weighted by Crippen LogP contribution is -2.64. The van der Waals surface area contributed by atoms with Crippen LogP contribution in [0.25, 0.3) is 0 Å². The first-order chi connectivity index (χ1) is 29.5. The van der Waals surface area contributed by atoms with E-state index in [9.17, 15) is 29.4 Å². The zero-order chi connectivity index (χ0) is 45.3. The van der Waals surface area contributed by atoms with Crippen molar-refractivity contribution in [3.05, 3.63) is 47.6 Å². The molecule has 3 aliphatic heterocycles. The monoisotopic (exact) mass is 868 g/mol. The van der Waals surface area contributed by atoms with Crippen LogP contribution in [0.5, 0.6) is 11.5 Å². The Morgan fingerprint density at radius 2 is 1.65 bits per heavy atom. The molecule has 13 heteroatoms. The number of ketones is 2. The third-order valence-electron chi connectivity index (χ3n) is 13.8. The van der Waals surface area contributed by atoms with Crippen LogP contribution in [0.2, 0.25) is 0 Å². The first kappa shape index (κ1) is 49.4. The van der Waals surface area contributed by atoms with Crippen molar-refractivity contribution in [2.75, 3.05) is 27.9 Å². The van der Waals surface area contributed by atoms with Gasteiger partial charge < -0.3 is 43.5 Å². The van der Waals surface area contributed by atoms with Gasteiger partial charge in [0.2, 0.25) is 5.79 Å². The number of cyclic esters (lactones) is 1. The maximum Gasteiger partial charge on any atom is 0.329 e. The highest BCUT2D eigenvalue weighted by atomic mass is 16.7. The number of amides is 1. The van der Waals surface area contributed by atoms with E-state index in [0.29, 0.717) is 69.3 Å². The largest absolute Gasteiger partial charge is 0.497 e. The second-order valence-electron chi connectivity index (χ2n) is 18.6. The first-order valence-electron chi connectivity index (χ1n) is 22.9. The van der Waals surface area contributed by atoms with Crippen LogP contribution in [0, 0.1) is 29.6 Å². The van der Waals surface area contributed by atoms with Crippen molar-refractivity contribution < 1.29 is 57.8 Å². The molecule has 0 aromatic heterocycles. The smallest absolute Gasteiger partial charge is 0.329 e. The summed E-state index contributed by atoms with van der Waals surface area (Å²) >= 11 is 0. The fraction of sp³-hybridized carbons (Fsp3) is 0.714. The Hall–Kier alpha value is -3.62. The molecule has 1 amide bonds. The van der Waals surface area contributed by atoms with Crippen LogP contribution in [0.1, 0.15) is 119 Å². The number of piperidine rings is 1. The molecule has 13 nitrogen and oxygen atoms in total. The number of hydrogen-bond donors (Lipinski definition) is 2. The summed E-state index contributed by atoms with van der Waals surface area (Å²) < 4.78 is 36.1. The predicted octanol–water partition coefficient (Wildman–Crippen LogP) is 6.94. The van der Waals surface area contributed by atoms with Gasteiger partial charge in [-0.3, -0.25) is 14.4 Å². The average molecular weight is 868 g/mol. The Labute approximate surface area is 368 Å². The van der Waals surface area contributed by atoms with Gasteiger partial charge in [-0.25, -0.2) is 4.79 Å². The standard InChI is InChI=1S/C49H73NO12/c1-10-35-23-29(2)22-30(3)24-42(58-8)45-43(59-9)26-33(6)49(56,62-45)46(53)47(54)50-21-12-11-16-38(50)48(55)61-44(31(4)17-19-39(35)51)32(5)25-34-18-20-40(52)41(27-34)60-37-15-13-14-36(28-37)57-7/h13-15,23,25,28,30-31,33-35,38,40-45,52,56H,10-12,16-22,24,26-27H2,1-9H3. The van der Waals surface area contributed by atoms with Gasteiger partial charge in [0.25, 0.3) is 11.7 Å². The van der Waals surface area contributed by atoms with Crippen molar-refractivity contribution in [3.63, 3.8) is 0 Å². The van der Waals surface area contributed by atoms with Gasteiger partial charge in [-0.1, -0.05) is 51.5 Å². The fourth-order valence-corrected chi connectivity index (χ4v) is 10.1. The molecule has 1 aromatic rings. The molecule has 62 heavy (non-hydrogen) atoms. The Morgan fingerprint density at radius 1 is 0.935 bits per heavy atom. The molecule has 4 aliphatic rings. The van der Waals surface area contributed by atoms with Crippen LogP contribution in [0.3, 0.4) is 0 Å². The average Bonchev–Trinajstić information content (AvgIpc) is 3.26. The first-order valence-corrected chi connectivity index (χ1v) is 22.9. The van der Waals surface area contributed by atoms with Gasteiger partial charge in [0.1, 0.15) is 41.6 Å². The summed E-state index contributed by atoms with van der Waals surface area (Å²) in [6.07, 6.45) is 6.32. The lowest BCUT2D eigenvalue weighted by molar-refractivity contribution is -0.302. The highest BCUT2D eigenvalue weighted by molar-refractivity contribution is 6.39. The highest BCUT2D eigenvalue weighted by Gasteiger charge is 2.56. The summed E-state index contributed by atoms with van der Waals surface area (Å²) in [7, 11) is 4.69. The molecular weight excluding hydrogens is 795 g/mol. The fourth-order valence-electron chi connectivity index (χ4n) is 10.1. The summed E-state index contributed by atoms with van der Waals surface area (Å²) in [6.45, 7) is 11.8. The van der Waals surface area contributed by atoms with Gasteiger partial charge in [0, 0.05) is 45.1 Å². The van der Waals surface area contributed by atoms with Crippen LogP contribution in [-0.2, 0) is 38.1 Å². The third kappa shape index (κ3) is 11.9. The molecule has 2 N–H and O–H groups in total. The number of esters is 1. The number of hydrogen-bond acceptors (Lipinski definition) is 12. The Bertz CT molecular complexity index is 1760. The molecule has 346 valence electrons. The third-order valence-corrected chi connectivity index (χ3v) is 13.8. The molecule has 3 heterocycles. The van der Waals surface area contributed by atoms with Crippen LogP contribution < -0.4 is 9.47 Å². The molecule has 0 radical (unpaired) electrons. The number of aliphatic hydroxyl groups is 2. The zero-order valence-electron chi connectivity index (χ0n) is 38.5. The van der Waals surface area contributed by atoms with E-state index in [1.54, 1.807) is 34.3 Å². The maximum atomic E-state index is 14.5. The number of nitrogens with zero attached hydrogens (tertiary/aromatic N) is 1. The number of rotatable bonds is 8. The van der Waals surface area contributed by atoms with Crippen molar-refractivity contribution in [2.45, 2.75) is 167 Å². The molecule has 2 bridgehead atoms. The number of allylic oxidation sites excluding steroid dienone is 3. The molecule has 2 saturated heterocycles. The number of carbonyl (C=O) groups is 4. The zero-order valence-corrected chi connectivity index (χ0v) is 38.5. The van der Waals surface area contributed by atoms with E-state index in [-0.39, 0.29) is 55.3 Å². The maximum absolute atomic E-state index is 14.5. The van der Waals surface area contributed by atoms with Gasteiger partial charge in [0.05, 0.1) is 25.4 Å². The van der Waals surface area contributed by atoms with Gasteiger partial charge in [-0.05, 0) is 120 Å². The second-order valence-corrected chi connectivity index (χ2v) is 18.6. The van der Waals surface area contributed by atoms with Gasteiger partial charge in [-0.15, -0.1) is 0 Å². The molecular formula is C49H73NO12. The van der Waals surface area contributed by atoms with E-state index in [0.717, 1.165) is 11.1 Å². The number of fused-ring (bicyclic) bond motifs is 3. The SMILES string of the molecule is CCC1C=C(C)CC(C)CC(OC)C2OC(O)(C(=O)C(=O)N3CCCCC3C(=O)OC(C(C)=CC3CCC(O)C(Oc4cccc(OC)c4)C3)C(C)CCC1=O)C(C)CC2OC. The normalized spacial score (nSPS) is 36.5. The topological polar surface area (TPSA) is 167 Å². The minimum atomic E-state index is -2.48. The van der Waals surface area contributed by atoms with Crippen molar-refractivity contribution in [1.82, 2.24) is 4.90 Å². The number of Topliss-reactive ketones (excluding diaryl/α,β-unsaturated/α-hetero) is 2. The summed E-state index contributed by atoms with van der Waals surface area (Å²) in [6, 6.07) is 6.21. The quantitative estimate of drug-likeness (QED) is 0.157. The summed E-state index contributed by atoms with van der Waals surface area (Å²) in [4.78, 5) is 58.2. The highest BCUT2D eigenvalue weighted by Crippen LogP contribution is 2.39. The van der Waals surface area contributed by atoms with Crippen molar-refractivity contribution >= 4 is 23.4 Å². The lowest BCUT2D eigenvalue weighted by Gasteiger charge is -2.47. The molecule has 5 rings (SSSR count). The minimum Gasteiger partial charge on any atom is -0.497 e. The minimum absolute atomic E-state index is 0.00509. The molecule has 1 saturated carbocycles. The van der Waals surface area contributed by atoms with E-state index in [1.165, 1.54) is 4.90 Å². The van der Waals surface area contributed by atoms with Crippen molar-refractivity contribution in [3.8, 4) is 11.5 Å².